The predicted octanol–water partition coefficient (Wildman–Crippen LogP) is 2.13. The molecule has 2 N–H and O–H groups in total. The summed E-state index contributed by atoms with van der Waals surface area (Å²) >= 11 is 0. The second-order valence-electron chi connectivity index (χ2n) is 5.80. The van der Waals surface area contributed by atoms with Crippen molar-refractivity contribution in [1.82, 2.24) is 5.32 Å². The number of amides is 1. The van der Waals surface area contributed by atoms with E-state index in [2.05, 4.69) is 10.6 Å². The Bertz CT molecular complexity index is 522. The molecule has 0 aromatic heterocycles. The van der Waals surface area contributed by atoms with Gasteiger partial charge in [0, 0.05) is 32.1 Å². The molecule has 3 rings (SSSR count). The van der Waals surface area contributed by atoms with Gasteiger partial charge in [0.15, 0.2) is 11.5 Å². The number of carbonyl (C=O) groups excluding carboxylic acids is 1. The van der Waals surface area contributed by atoms with E-state index in [4.69, 9.17) is 9.47 Å². The summed E-state index contributed by atoms with van der Waals surface area (Å²) in [5.41, 5.74) is 0.751. The number of piperidine rings is 1. The van der Waals surface area contributed by atoms with Gasteiger partial charge in [-0.25, -0.2) is 0 Å². The maximum Gasteiger partial charge on any atom is 0.246 e. The lowest BCUT2D eigenvalue weighted by molar-refractivity contribution is -0.120. The number of anilines is 1. The molecule has 1 aromatic rings. The van der Waals surface area contributed by atoms with Gasteiger partial charge in [-0.2, -0.15) is 0 Å². The van der Waals surface area contributed by atoms with E-state index in [0.717, 1.165) is 31.6 Å². The van der Waals surface area contributed by atoms with Crippen LogP contribution >= 0.6 is 0 Å². The van der Waals surface area contributed by atoms with Crippen molar-refractivity contribution < 1.29 is 14.3 Å². The normalized spacial score (nSPS) is 23.4. The van der Waals surface area contributed by atoms with E-state index in [0.29, 0.717) is 11.5 Å². The Balaban J connectivity index is 1.68. The minimum absolute atomic E-state index is 0.0469. The van der Waals surface area contributed by atoms with Crippen molar-refractivity contribution in [3.05, 3.63) is 18.2 Å². The summed E-state index contributed by atoms with van der Waals surface area (Å²) in [6, 6.07) is 5.49. The van der Waals surface area contributed by atoms with E-state index in [1.165, 1.54) is 0 Å². The molecule has 5 nitrogen and oxygen atoms in total. The van der Waals surface area contributed by atoms with E-state index in [1.807, 2.05) is 32.0 Å². The van der Waals surface area contributed by atoms with Crippen molar-refractivity contribution >= 4 is 11.6 Å². The molecule has 1 amide bonds. The van der Waals surface area contributed by atoms with Crippen molar-refractivity contribution in [3.63, 3.8) is 0 Å². The molecule has 0 unspecified atom stereocenters. The maximum absolute atomic E-state index is 12.2. The van der Waals surface area contributed by atoms with Gasteiger partial charge < -0.3 is 20.1 Å². The van der Waals surface area contributed by atoms with Crippen LogP contribution in [-0.4, -0.2) is 24.8 Å². The van der Waals surface area contributed by atoms with Crippen LogP contribution in [0.1, 0.15) is 26.7 Å². The van der Waals surface area contributed by atoms with Crippen molar-refractivity contribution in [1.29, 1.82) is 0 Å². The van der Waals surface area contributed by atoms with Gasteiger partial charge in [0.05, 0.1) is 5.92 Å². The Labute approximate surface area is 118 Å². The first-order chi connectivity index (χ1) is 9.53. The van der Waals surface area contributed by atoms with Gasteiger partial charge in [0.2, 0.25) is 11.7 Å². The van der Waals surface area contributed by atoms with Crippen molar-refractivity contribution in [3.8, 4) is 11.5 Å². The molecule has 0 aliphatic carbocycles. The number of hydrogen-bond donors (Lipinski definition) is 2. The molecule has 2 aliphatic heterocycles. The van der Waals surface area contributed by atoms with Crippen LogP contribution < -0.4 is 20.1 Å². The Hall–Kier alpha value is -1.75. The Morgan fingerprint density at radius 1 is 1.35 bits per heavy atom. The number of ether oxygens (including phenoxy) is 2. The van der Waals surface area contributed by atoms with Gasteiger partial charge in [-0.05, 0) is 31.5 Å². The number of hydrogen-bond acceptors (Lipinski definition) is 4. The highest BCUT2D eigenvalue weighted by molar-refractivity contribution is 5.93. The summed E-state index contributed by atoms with van der Waals surface area (Å²) in [5, 5.41) is 6.20. The zero-order valence-corrected chi connectivity index (χ0v) is 11.9. The SMILES string of the molecule is CC1(C)Oc2ccc(NC(=O)[C@H]3CCCNC3)cc2O1. The highest BCUT2D eigenvalue weighted by atomic mass is 16.7. The first kappa shape index (κ1) is 13.2. The van der Waals surface area contributed by atoms with Gasteiger partial charge in [0.25, 0.3) is 0 Å². The molecule has 2 heterocycles. The molecule has 0 saturated carbocycles. The average Bonchev–Trinajstić information content (AvgIpc) is 2.73. The third-order valence-electron chi connectivity index (χ3n) is 3.59. The molecule has 1 atom stereocenters. The van der Waals surface area contributed by atoms with Crippen LogP contribution in [0.5, 0.6) is 11.5 Å². The highest BCUT2D eigenvalue weighted by Crippen LogP contribution is 2.40. The second-order valence-corrected chi connectivity index (χ2v) is 5.80. The van der Waals surface area contributed by atoms with E-state index in [-0.39, 0.29) is 11.8 Å². The lowest BCUT2D eigenvalue weighted by Crippen LogP contribution is -2.37. The van der Waals surface area contributed by atoms with Gasteiger partial charge in [-0.15, -0.1) is 0 Å². The van der Waals surface area contributed by atoms with Crippen LogP contribution in [0.2, 0.25) is 0 Å². The monoisotopic (exact) mass is 276 g/mol. The lowest BCUT2D eigenvalue weighted by Gasteiger charge is -2.21. The third kappa shape index (κ3) is 2.72. The number of rotatable bonds is 2. The maximum atomic E-state index is 12.2. The van der Waals surface area contributed by atoms with Crippen LogP contribution in [0.15, 0.2) is 18.2 Å². The van der Waals surface area contributed by atoms with Gasteiger partial charge in [-0.3, -0.25) is 4.79 Å². The molecule has 0 spiro atoms. The molecular weight excluding hydrogens is 256 g/mol. The van der Waals surface area contributed by atoms with E-state index in [1.54, 1.807) is 0 Å². The third-order valence-corrected chi connectivity index (χ3v) is 3.59. The molecule has 20 heavy (non-hydrogen) atoms. The van der Waals surface area contributed by atoms with Crippen LogP contribution in [0, 0.1) is 5.92 Å². The largest absolute Gasteiger partial charge is 0.449 e. The number of carbonyl (C=O) groups is 1. The summed E-state index contributed by atoms with van der Waals surface area (Å²) in [5.74, 6) is 0.862. The summed E-state index contributed by atoms with van der Waals surface area (Å²) in [6.07, 6.45) is 1.99. The lowest BCUT2D eigenvalue weighted by atomic mass is 9.99. The van der Waals surface area contributed by atoms with Gasteiger partial charge >= 0.3 is 0 Å². The van der Waals surface area contributed by atoms with E-state index < -0.39 is 5.79 Å². The Kier molecular flexibility index (Phi) is 3.30. The standard InChI is InChI=1S/C15H20N2O3/c1-15(2)19-12-6-5-11(8-13(12)20-15)17-14(18)10-4-3-7-16-9-10/h5-6,8,10,16H,3-4,7,9H2,1-2H3,(H,17,18)/t10-/m0/s1. The van der Waals surface area contributed by atoms with Crippen molar-refractivity contribution in [2.24, 2.45) is 5.92 Å². The summed E-state index contributed by atoms with van der Waals surface area (Å²) in [7, 11) is 0. The molecule has 108 valence electrons. The molecular formula is C15H20N2O3. The van der Waals surface area contributed by atoms with Gasteiger partial charge in [0.1, 0.15) is 0 Å². The highest BCUT2D eigenvalue weighted by Gasteiger charge is 2.32. The Morgan fingerprint density at radius 2 is 2.15 bits per heavy atom. The van der Waals surface area contributed by atoms with Crippen molar-refractivity contribution in [2.45, 2.75) is 32.5 Å². The Morgan fingerprint density at radius 3 is 2.90 bits per heavy atom. The van der Waals surface area contributed by atoms with Crippen molar-refractivity contribution in [2.75, 3.05) is 18.4 Å². The molecule has 1 saturated heterocycles. The molecule has 0 bridgehead atoms. The molecule has 0 radical (unpaired) electrons. The fourth-order valence-electron chi connectivity index (χ4n) is 2.62. The van der Waals surface area contributed by atoms with E-state index in [9.17, 15) is 4.79 Å². The van der Waals surface area contributed by atoms with Crippen LogP contribution in [0.4, 0.5) is 5.69 Å². The van der Waals surface area contributed by atoms with Crippen LogP contribution in [0.3, 0.4) is 0 Å². The summed E-state index contributed by atoms with van der Waals surface area (Å²) < 4.78 is 11.3. The molecule has 2 aliphatic rings. The first-order valence-electron chi connectivity index (χ1n) is 7.07. The fraction of sp³-hybridized carbons (Fsp3) is 0.533. The fourth-order valence-corrected chi connectivity index (χ4v) is 2.62. The molecule has 1 aromatic carbocycles. The summed E-state index contributed by atoms with van der Waals surface area (Å²) in [4.78, 5) is 12.2. The first-order valence-corrected chi connectivity index (χ1v) is 7.07. The quantitative estimate of drug-likeness (QED) is 0.869. The molecule has 5 heteroatoms. The minimum atomic E-state index is -0.641. The zero-order valence-electron chi connectivity index (χ0n) is 11.9. The molecule has 1 fully saturated rings. The number of fused-ring (bicyclic) bond motifs is 1. The van der Waals surface area contributed by atoms with Crippen LogP contribution in [-0.2, 0) is 4.79 Å². The zero-order chi connectivity index (χ0) is 14.2. The summed E-state index contributed by atoms with van der Waals surface area (Å²) in [6.45, 7) is 5.48. The predicted molar refractivity (Wildman–Crippen MR) is 76.0 cm³/mol. The minimum Gasteiger partial charge on any atom is -0.449 e. The smallest absolute Gasteiger partial charge is 0.246 e. The van der Waals surface area contributed by atoms with Crippen LogP contribution in [0.25, 0.3) is 0 Å². The topological polar surface area (TPSA) is 59.6 Å². The van der Waals surface area contributed by atoms with E-state index >= 15 is 0 Å². The van der Waals surface area contributed by atoms with Gasteiger partial charge in [-0.1, -0.05) is 0 Å². The second kappa shape index (κ2) is 4.98. The average molecular weight is 276 g/mol. The number of benzene rings is 1. The number of nitrogens with one attached hydrogen (secondary N) is 2.